The molecule has 3 saturated carbocycles. The predicted octanol–water partition coefficient (Wildman–Crippen LogP) is 3.98. The van der Waals surface area contributed by atoms with Gasteiger partial charge in [-0.3, -0.25) is 0 Å². The summed E-state index contributed by atoms with van der Waals surface area (Å²) in [6.45, 7) is 10.7. The van der Waals surface area contributed by atoms with Crippen molar-refractivity contribution in [3.63, 3.8) is 0 Å². The van der Waals surface area contributed by atoms with Crippen LogP contribution in [0.4, 0.5) is 0 Å². The third kappa shape index (κ3) is 2.00. The Morgan fingerprint density at radius 1 is 1.00 bits per heavy atom. The van der Waals surface area contributed by atoms with E-state index in [1.54, 1.807) is 0 Å². The van der Waals surface area contributed by atoms with E-state index in [0.717, 1.165) is 25.0 Å². The van der Waals surface area contributed by atoms with Gasteiger partial charge >= 0.3 is 0 Å². The van der Waals surface area contributed by atoms with Crippen LogP contribution in [-0.2, 0) is 9.47 Å². The van der Waals surface area contributed by atoms with Crippen molar-refractivity contribution in [1.82, 2.24) is 0 Å². The molecule has 0 amide bonds. The van der Waals surface area contributed by atoms with Gasteiger partial charge in [0, 0.05) is 10.8 Å². The fourth-order valence-electron chi connectivity index (χ4n) is 5.68. The second kappa shape index (κ2) is 5.65. The maximum Gasteiger partial charge on any atom is 0.0645 e. The molecule has 0 aromatic rings. The smallest absolute Gasteiger partial charge is 0.0645 e. The van der Waals surface area contributed by atoms with E-state index in [-0.39, 0.29) is 0 Å². The Balaban J connectivity index is 1.78. The van der Waals surface area contributed by atoms with Crippen molar-refractivity contribution in [3.05, 3.63) is 25.3 Å². The maximum absolute atomic E-state index is 5.96. The molecule has 3 fully saturated rings. The van der Waals surface area contributed by atoms with Gasteiger partial charge in [-0.2, -0.15) is 0 Å². The van der Waals surface area contributed by atoms with Crippen LogP contribution in [0.1, 0.15) is 38.5 Å². The van der Waals surface area contributed by atoms with E-state index in [0.29, 0.717) is 24.0 Å². The van der Waals surface area contributed by atoms with Crippen LogP contribution in [0.15, 0.2) is 25.3 Å². The van der Waals surface area contributed by atoms with Crippen LogP contribution < -0.4 is 0 Å². The molecule has 0 aromatic heterocycles. The average Bonchev–Trinajstić information content (AvgIpc) is 3.09. The molecule has 20 heavy (non-hydrogen) atoms. The van der Waals surface area contributed by atoms with Crippen LogP contribution in [-0.4, -0.2) is 26.4 Å². The predicted molar refractivity (Wildman–Crippen MR) is 81.6 cm³/mol. The molecule has 0 spiro atoms. The lowest BCUT2D eigenvalue weighted by Gasteiger charge is -2.47. The van der Waals surface area contributed by atoms with Crippen LogP contribution in [0.3, 0.4) is 0 Å². The van der Waals surface area contributed by atoms with Gasteiger partial charge in [0.2, 0.25) is 0 Å². The summed E-state index contributed by atoms with van der Waals surface area (Å²) in [5, 5.41) is 0. The van der Waals surface area contributed by atoms with E-state index in [2.05, 4.69) is 13.2 Å². The molecule has 0 N–H and O–H groups in total. The lowest BCUT2D eigenvalue weighted by Crippen LogP contribution is -2.47. The maximum atomic E-state index is 5.96. The molecule has 3 aliphatic carbocycles. The molecule has 2 bridgehead atoms. The van der Waals surface area contributed by atoms with Gasteiger partial charge in [-0.05, 0) is 43.9 Å². The molecule has 0 aliphatic heterocycles. The first kappa shape index (κ1) is 14.3. The fraction of sp³-hybridized carbons (Fsp3) is 0.778. The third-order valence-corrected chi connectivity index (χ3v) is 6.33. The molecule has 112 valence electrons. The molecule has 2 nitrogen and oxygen atoms in total. The Bertz CT molecular complexity index is 378. The van der Waals surface area contributed by atoms with Crippen LogP contribution in [0.2, 0.25) is 0 Å². The van der Waals surface area contributed by atoms with Crippen molar-refractivity contribution < 1.29 is 9.47 Å². The van der Waals surface area contributed by atoms with Gasteiger partial charge in [0.1, 0.15) is 0 Å². The minimum Gasteiger partial charge on any atom is -0.377 e. The molecule has 0 aromatic carbocycles. The molecular weight excluding hydrogens is 248 g/mol. The molecule has 3 rings (SSSR count). The van der Waals surface area contributed by atoms with E-state index in [4.69, 9.17) is 9.47 Å². The van der Waals surface area contributed by atoms with Gasteiger partial charge in [-0.1, -0.05) is 18.6 Å². The topological polar surface area (TPSA) is 18.5 Å². The van der Waals surface area contributed by atoms with Gasteiger partial charge in [-0.15, -0.1) is 13.2 Å². The molecule has 0 saturated heterocycles. The largest absolute Gasteiger partial charge is 0.377 e. The summed E-state index contributed by atoms with van der Waals surface area (Å²) < 4.78 is 11.9. The molecule has 4 atom stereocenters. The second-order valence-electron chi connectivity index (χ2n) is 7.05. The number of hydrogen-bond donors (Lipinski definition) is 0. The summed E-state index contributed by atoms with van der Waals surface area (Å²) >= 11 is 0. The van der Waals surface area contributed by atoms with Crippen molar-refractivity contribution >= 4 is 0 Å². The molecule has 0 heterocycles. The standard InChI is InChI=1S/C18H28O2/c1-3-10-19-13-17-9-7-15(12-17)16-6-5-8-18(16,17)14-20-11-4-2/h3-4,15-16H,1-2,5-14H2. The van der Waals surface area contributed by atoms with Crippen molar-refractivity contribution in [2.24, 2.45) is 22.7 Å². The molecule has 4 unspecified atom stereocenters. The normalized spacial score (nSPS) is 41.8. The third-order valence-electron chi connectivity index (χ3n) is 6.33. The first-order valence-electron chi connectivity index (χ1n) is 8.15. The number of rotatable bonds is 8. The molecule has 0 radical (unpaired) electrons. The highest BCUT2D eigenvalue weighted by atomic mass is 16.5. The zero-order valence-corrected chi connectivity index (χ0v) is 12.6. The molecule has 3 aliphatic rings. The monoisotopic (exact) mass is 276 g/mol. The number of fused-ring (bicyclic) bond motifs is 5. The lowest BCUT2D eigenvalue weighted by molar-refractivity contribution is -0.0889. The van der Waals surface area contributed by atoms with E-state index in [9.17, 15) is 0 Å². The summed E-state index contributed by atoms with van der Waals surface area (Å²) in [5.74, 6) is 1.81. The SMILES string of the molecule is C=CCOCC12CCC(C1)C1CCCC12COCC=C. The van der Waals surface area contributed by atoms with E-state index < -0.39 is 0 Å². The summed E-state index contributed by atoms with van der Waals surface area (Å²) in [4.78, 5) is 0. The highest BCUT2D eigenvalue weighted by molar-refractivity contribution is 5.16. The lowest BCUT2D eigenvalue weighted by atomic mass is 9.60. The van der Waals surface area contributed by atoms with Gasteiger partial charge in [0.15, 0.2) is 0 Å². The zero-order chi connectivity index (χ0) is 14.1. The Kier molecular flexibility index (Phi) is 4.05. The first-order valence-corrected chi connectivity index (χ1v) is 8.15. The summed E-state index contributed by atoms with van der Waals surface area (Å²) in [7, 11) is 0. The minimum atomic E-state index is 0.378. The Morgan fingerprint density at radius 3 is 2.50 bits per heavy atom. The van der Waals surface area contributed by atoms with Gasteiger partial charge in [0.25, 0.3) is 0 Å². The van der Waals surface area contributed by atoms with E-state index in [1.807, 2.05) is 12.2 Å². The van der Waals surface area contributed by atoms with Crippen molar-refractivity contribution in [2.75, 3.05) is 26.4 Å². The fourth-order valence-corrected chi connectivity index (χ4v) is 5.68. The molecule has 2 heteroatoms. The van der Waals surface area contributed by atoms with E-state index in [1.165, 1.54) is 38.5 Å². The highest BCUT2D eigenvalue weighted by Crippen LogP contribution is 2.72. The first-order chi connectivity index (χ1) is 9.78. The molecular formula is C18H28O2. The summed E-state index contributed by atoms with van der Waals surface area (Å²) in [6, 6.07) is 0. The van der Waals surface area contributed by atoms with Gasteiger partial charge in [0.05, 0.1) is 26.4 Å². The second-order valence-corrected chi connectivity index (χ2v) is 7.05. The summed E-state index contributed by atoms with van der Waals surface area (Å²) in [6.07, 6.45) is 12.0. The van der Waals surface area contributed by atoms with Crippen molar-refractivity contribution in [2.45, 2.75) is 38.5 Å². The summed E-state index contributed by atoms with van der Waals surface area (Å²) in [5.41, 5.74) is 0.767. The quantitative estimate of drug-likeness (QED) is 0.493. The van der Waals surface area contributed by atoms with Crippen LogP contribution in [0, 0.1) is 22.7 Å². The highest BCUT2D eigenvalue weighted by Gasteiger charge is 2.67. The Hall–Kier alpha value is -0.600. The Labute approximate surface area is 123 Å². The average molecular weight is 276 g/mol. The van der Waals surface area contributed by atoms with E-state index >= 15 is 0 Å². The zero-order valence-electron chi connectivity index (χ0n) is 12.6. The van der Waals surface area contributed by atoms with Crippen LogP contribution >= 0.6 is 0 Å². The van der Waals surface area contributed by atoms with Crippen molar-refractivity contribution in [3.8, 4) is 0 Å². The Morgan fingerprint density at radius 2 is 1.75 bits per heavy atom. The number of hydrogen-bond acceptors (Lipinski definition) is 2. The number of ether oxygens (including phenoxy) is 2. The van der Waals surface area contributed by atoms with Gasteiger partial charge < -0.3 is 9.47 Å². The minimum absolute atomic E-state index is 0.378. The van der Waals surface area contributed by atoms with Gasteiger partial charge in [-0.25, -0.2) is 0 Å². The van der Waals surface area contributed by atoms with Crippen LogP contribution in [0.25, 0.3) is 0 Å². The van der Waals surface area contributed by atoms with Crippen molar-refractivity contribution in [1.29, 1.82) is 0 Å². The van der Waals surface area contributed by atoms with Crippen LogP contribution in [0.5, 0.6) is 0 Å².